The average Bonchev–Trinajstić information content (AvgIpc) is 2.36. The van der Waals surface area contributed by atoms with Crippen LogP contribution in [-0.2, 0) is 11.2 Å². The van der Waals surface area contributed by atoms with Gasteiger partial charge in [-0.25, -0.2) is 8.78 Å². The topological polar surface area (TPSA) is 52.6 Å². The van der Waals surface area contributed by atoms with E-state index in [2.05, 4.69) is 5.32 Å². The molecule has 1 unspecified atom stereocenters. The fraction of sp³-hybridized carbons (Fsp3) is 0.533. The Morgan fingerprint density at radius 1 is 1.33 bits per heavy atom. The molecule has 0 fully saturated rings. The van der Waals surface area contributed by atoms with Gasteiger partial charge in [0.05, 0.1) is 5.60 Å². The lowest BCUT2D eigenvalue weighted by Gasteiger charge is -2.27. The summed E-state index contributed by atoms with van der Waals surface area (Å²) in [5.41, 5.74) is -0.453. The minimum atomic E-state index is -1.01. The maximum absolute atomic E-state index is 13.0. The van der Waals surface area contributed by atoms with Gasteiger partial charge in [-0.3, -0.25) is 4.79 Å². The van der Waals surface area contributed by atoms with E-state index in [-0.39, 0.29) is 18.9 Å². The van der Waals surface area contributed by atoms with Crippen LogP contribution < -0.4 is 5.32 Å². The highest BCUT2D eigenvalue weighted by Gasteiger charge is 2.21. The molecule has 2 N–H and O–H groups in total. The van der Waals surface area contributed by atoms with Gasteiger partial charge in [-0.05, 0) is 45.1 Å². The van der Waals surface area contributed by atoms with Crippen LogP contribution in [0, 0.1) is 11.6 Å². The second-order valence-corrected chi connectivity index (χ2v) is 5.76. The Kier molecular flexibility index (Phi) is 6.23. The van der Waals surface area contributed by atoms with Gasteiger partial charge in [-0.1, -0.05) is 6.07 Å². The largest absolute Gasteiger partial charge is 0.387 e. The average molecular weight is 300 g/mol. The third kappa shape index (κ3) is 6.64. The molecule has 1 amide bonds. The third-order valence-corrected chi connectivity index (χ3v) is 2.95. The fourth-order valence-electron chi connectivity index (χ4n) is 2.07. The molecule has 0 saturated carbocycles. The molecule has 21 heavy (non-hydrogen) atoms. The van der Waals surface area contributed by atoms with Gasteiger partial charge in [0.25, 0.3) is 0 Å². The van der Waals surface area contributed by atoms with Crippen molar-refractivity contribution in [3.05, 3.63) is 35.4 Å². The van der Waals surface area contributed by atoms with Crippen molar-refractivity contribution in [1.82, 2.24) is 10.2 Å². The number of likely N-dealkylation sites (N-methyl/N-ethyl adjacent to an activating group) is 1. The van der Waals surface area contributed by atoms with Crippen LogP contribution in [0.4, 0.5) is 8.78 Å². The van der Waals surface area contributed by atoms with Crippen LogP contribution in [0.3, 0.4) is 0 Å². The van der Waals surface area contributed by atoms with Crippen molar-refractivity contribution in [2.75, 3.05) is 27.2 Å². The van der Waals surface area contributed by atoms with Crippen molar-refractivity contribution in [3.8, 4) is 0 Å². The van der Waals surface area contributed by atoms with Gasteiger partial charge < -0.3 is 15.3 Å². The predicted octanol–water partition coefficient (Wildman–Crippen LogP) is 1.33. The summed E-state index contributed by atoms with van der Waals surface area (Å²) in [6, 6.07) is 3.59. The van der Waals surface area contributed by atoms with Crippen molar-refractivity contribution in [3.63, 3.8) is 0 Å². The van der Waals surface area contributed by atoms with Crippen LogP contribution in [0.15, 0.2) is 18.2 Å². The van der Waals surface area contributed by atoms with Crippen molar-refractivity contribution < 1.29 is 18.7 Å². The molecule has 1 rings (SSSR count). The molecule has 1 aromatic carbocycles. The Bertz CT molecular complexity index is 491. The molecular weight excluding hydrogens is 278 g/mol. The van der Waals surface area contributed by atoms with E-state index >= 15 is 0 Å². The number of hydrogen-bond acceptors (Lipinski definition) is 3. The highest BCUT2D eigenvalue weighted by molar-refractivity contribution is 5.76. The molecule has 0 bridgehead atoms. The van der Waals surface area contributed by atoms with Gasteiger partial charge in [0.2, 0.25) is 5.91 Å². The Morgan fingerprint density at radius 2 is 2.00 bits per heavy atom. The SMILES string of the molecule is CN(C)CC(C)(O)CNC(=O)CCc1ccc(F)c(F)c1. The lowest BCUT2D eigenvalue weighted by molar-refractivity contribution is -0.122. The van der Waals surface area contributed by atoms with E-state index < -0.39 is 17.2 Å². The first-order valence-corrected chi connectivity index (χ1v) is 6.77. The maximum Gasteiger partial charge on any atom is 0.220 e. The molecule has 0 saturated heterocycles. The van der Waals surface area contributed by atoms with Crippen LogP contribution >= 0.6 is 0 Å². The summed E-state index contributed by atoms with van der Waals surface area (Å²) in [7, 11) is 3.67. The van der Waals surface area contributed by atoms with Crippen molar-refractivity contribution in [1.29, 1.82) is 0 Å². The Morgan fingerprint density at radius 3 is 2.57 bits per heavy atom. The summed E-state index contributed by atoms with van der Waals surface area (Å²) in [5, 5.41) is 12.7. The maximum atomic E-state index is 13.0. The molecule has 0 spiro atoms. The van der Waals surface area contributed by atoms with Crippen molar-refractivity contribution in [2.45, 2.75) is 25.4 Å². The first kappa shape index (κ1) is 17.5. The smallest absolute Gasteiger partial charge is 0.220 e. The second-order valence-electron chi connectivity index (χ2n) is 5.76. The highest BCUT2D eigenvalue weighted by atomic mass is 19.2. The van der Waals surface area contributed by atoms with E-state index in [1.165, 1.54) is 6.07 Å². The number of carbonyl (C=O) groups excluding carboxylic acids is 1. The number of nitrogens with zero attached hydrogens (tertiary/aromatic N) is 1. The molecule has 0 radical (unpaired) electrons. The zero-order valence-corrected chi connectivity index (χ0v) is 12.6. The molecule has 118 valence electrons. The normalized spacial score (nSPS) is 14.0. The minimum absolute atomic E-state index is 0.141. The number of carbonyl (C=O) groups is 1. The van der Waals surface area contributed by atoms with Crippen molar-refractivity contribution >= 4 is 5.91 Å². The van der Waals surface area contributed by atoms with Crippen LogP contribution in [0.2, 0.25) is 0 Å². The number of rotatable bonds is 7. The zero-order chi connectivity index (χ0) is 16.0. The fourth-order valence-corrected chi connectivity index (χ4v) is 2.07. The molecule has 0 aliphatic heterocycles. The van der Waals surface area contributed by atoms with Crippen LogP contribution in [-0.4, -0.2) is 48.7 Å². The Labute approximate surface area is 123 Å². The van der Waals surface area contributed by atoms with Crippen LogP contribution in [0.25, 0.3) is 0 Å². The van der Waals surface area contributed by atoms with E-state index in [9.17, 15) is 18.7 Å². The molecule has 0 aliphatic rings. The lowest BCUT2D eigenvalue weighted by atomic mass is 10.1. The third-order valence-electron chi connectivity index (χ3n) is 2.95. The molecule has 0 aliphatic carbocycles. The monoisotopic (exact) mass is 300 g/mol. The molecule has 1 atom stereocenters. The molecule has 1 aromatic rings. The van der Waals surface area contributed by atoms with E-state index in [1.54, 1.807) is 6.92 Å². The number of nitrogens with one attached hydrogen (secondary N) is 1. The van der Waals surface area contributed by atoms with Gasteiger partial charge in [-0.15, -0.1) is 0 Å². The van der Waals surface area contributed by atoms with E-state index in [4.69, 9.17) is 0 Å². The first-order valence-electron chi connectivity index (χ1n) is 6.77. The molecule has 6 heteroatoms. The van der Waals surface area contributed by atoms with Gasteiger partial charge >= 0.3 is 0 Å². The van der Waals surface area contributed by atoms with Gasteiger partial charge in [0.15, 0.2) is 11.6 Å². The van der Waals surface area contributed by atoms with Gasteiger partial charge in [0, 0.05) is 19.5 Å². The number of aryl methyl sites for hydroxylation is 1. The number of benzene rings is 1. The second kappa shape index (κ2) is 7.47. The Balaban J connectivity index is 2.39. The van der Waals surface area contributed by atoms with Gasteiger partial charge in [0.1, 0.15) is 0 Å². The molecular formula is C15H22F2N2O2. The zero-order valence-electron chi connectivity index (χ0n) is 12.6. The number of amides is 1. The predicted molar refractivity (Wildman–Crippen MR) is 76.9 cm³/mol. The number of hydrogen-bond donors (Lipinski definition) is 2. The quantitative estimate of drug-likeness (QED) is 0.799. The van der Waals surface area contributed by atoms with Gasteiger partial charge in [-0.2, -0.15) is 0 Å². The van der Waals surface area contributed by atoms with Crippen LogP contribution in [0.1, 0.15) is 18.9 Å². The molecule has 4 nitrogen and oxygen atoms in total. The molecule has 0 aromatic heterocycles. The summed E-state index contributed by atoms with van der Waals surface area (Å²) in [6.07, 6.45) is 0.474. The van der Waals surface area contributed by atoms with E-state index in [1.807, 2.05) is 19.0 Å². The highest BCUT2D eigenvalue weighted by Crippen LogP contribution is 2.10. The van der Waals surface area contributed by atoms with Crippen LogP contribution in [0.5, 0.6) is 0 Å². The minimum Gasteiger partial charge on any atom is -0.387 e. The first-order chi connectivity index (χ1) is 9.69. The summed E-state index contributed by atoms with van der Waals surface area (Å²) >= 11 is 0. The van der Waals surface area contributed by atoms with Crippen molar-refractivity contribution in [2.24, 2.45) is 0 Å². The lowest BCUT2D eigenvalue weighted by Crippen LogP contribution is -2.47. The van der Waals surface area contributed by atoms with E-state index in [0.29, 0.717) is 18.5 Å². The number of aliphatic hydroxyl groups is 1. The molecule has 0 heterocycles. The standard InChI is InChI=1S/C15H22F2N2O2/c1-15(21,10-19(2)3)9-18-14(20)7-5-11-4-6-12(16)13(17)8-11/h4,6,8,21H,5,7,9-10H2,1-3H3,(H,18,20). The van der Waals surface area contributed by atoms with E-state index in [0.717, 1.165) is 12.1 Å². The summed E-state index contributed by atoms with van der Waals surface area (Å²) < 4.78 is 25.8. The summed E-state index contributed by atoms with van der Waals surface area (Å²) in [4.78, 5) is 13.5. The summed E-state index contributed by atoms with van der Waals surface area (Å²) in [5.74, 6) is -2.05. The Hall–Kier alpha value is -1.53. The number of halogens is 2. The summed E-state index contributed by atoms with van der Waals surface area (Å²) in [6.45, 7) is 2.21.